The van der Waals surface area contributed by atoms with Crippen molar-refractivity contribution < 1.29 is 19.2 Å². The Morgan fingerprint density at radius 3 is 2.28 bits per heavy atom. The molecule has 1 fully saturated rings. The summed E-state index contributed by atoms with van der Waals surface area (Å²) in [5.41, 5.74) is 0.685. The fourth-order valence-electron chi connectivity index (χ4n) is 2.19. The number of hydrogen-bond donors (Lipinski definition) is 1. The van der Waals surface area contributed by atoms with E-state index in [9.17, 15) is 19.2 Å². The van der Waals surface area contributed by atoms with Crippen LogP contribution in [0.1, 0.15) is 33.6 Å². The maximum absolute atomic E-state index is 12.0. The number of rotatable bonds is 1. The lowest BCUT2D eigenvalue weighted by atomic mass is 10.0. The summed E-state index contributed by atoms with van der Waals surface area (Å²) in [4.78, 5) is 47.8. The lowest BCUT2D eigenvalue weighted by Gasteiger charge is -2.27. The Kier molecular flexibility index (Phi) is 2.30. The van der Waals surface area contributed by atoms with Crippen LogP contribution in [-0.2, 0) is 9.59 Å². The number of imide groups is 2. The van der Waals surface area contributed by atoms with E-state index in [2.05, 4.69) is 5.32 Å². The molecule has 1 aromatic rings. The highest BCUT2D eigenvalue weighted by molar-refractivity contribution is 7.08. The van der Waals surface area contributed by atoms with E-state index in [-0.39, 0.29) is 18.7 Å². The highest BCUT2D eigenvalue weighted by Gasteiger charge is 2.44. The molecule has 2 aliphatic heterocycles. The number of amides is 4. The molecule has 3 rings (SSSR count). The number of hydrogen-bond acceptors (Lipinski definition) is 5. The van der Waals surface area contributed by atoms with Gasteiger partial charge in [0.2, 0.25) is 11.8 Å². The van der Waals surface area contributed by atoms with Gasteiger partial charge in [-0.1, -0.05) is 0 Å². The summed E-state index contributed by atoms with van der Waals surface area (Å²) in [6.45, 7) is 0. The molecule has 0 bridgehead atoms. The number of thiophene rings is 1. The molecule has 0 aliphatic carbocycles. The monoisotopic (exact) mass is 264 g/mol. The minimum Gasteiger partial charge on any atom is -0.295 e. The molecule has 6 nitrogen and oxygen atoms in total. The summed E-state index contributed by atoms with van der Waals surface area (Å²) in [6.07, 6.45) is 0.330. The molecule has 1 aromatic heterocycles. The van der Waals surface area contributed by atoms with Gasteiger partial charge in [0.25, 0.3) is 11.8 Å². The summed E-state index contributed by atoms with van der Waals surface area (Å²) in [5, 5.41) is 5.34. The van der Waals surface area contributed by atoms with Crippen LogP contribution in [0.5, 0.6) is 0 Å². The van der Waals surface area contributed by atoms with Crippen LogP contribution in [0, 0.1) is 0 Å². The SMILES string of the molecule is O=C1CC[C@H](N2C(=O)c3cscc3C2=O)C(=O)N1. The maximum atomic E-state index is 12.0. The van der Waals surface area contributed by atoms with Crippen LogP contribution in [0.15, 0.2) is 10.8 Å². The quantitative estimate of drug-likeness (QED) is 0.732. The van der Waals surface area contributed by atoms with Gasteiger partial charge in [-0.25, -0.2) is 0 Å². The van der Waals surface area contributed by atoms with Gasteiger partial charge in [-0.2, -0.15) is 11.3 Å². The van der Waals surface area contributed by atoms with Gasteiger partial charge < -0.3 is 0 Å². The van der Waals surface area contributed by atoms with Crippen molar-refractivity contribution in [2.75, 3.05) is 0 Å². The fraction of sp³-hybridized carbons (Fsp3) is 0.273. The Morgan fingerprint density at radius 1 is 1.11 bits per heavy atom. The van der Waals surface area contributed by atoms with Gasteiger partial charge in [0.05, 0.1) is 11.1 Å². The van der Waals surface area contributed by atoms with E-state index in [0.29, 0.717) is 11.1 Å². The third-order valence-electron chi connectivity index (χ3n) is 3.08. The van der Waals surface area contributed by atoms with E-state index in [4.69, 9.17) is 0 Å². The molecule has 0 spiro atoms. The Balaban J connectivity index is 1.93. The average molecular weight is 264 g/mol. The lowest BCUT2D eigenvalue weighted by molar-refractivity contribution is -0.136. The van der Waals surface area contributed by atoms with Crippen molar-refractivity contribution in [3.05, 3.63) is 21.9 Å². The second-order valence-electron chi connectivity index (χ2n) is 4.15. The number of piperidine rings is 1. The Labute approximate surface area is 106 Å². The van der Waals surface area contributed by atoms with E-state index in [1.807, 2.05) is 0 Å². The van der Waals surface area contributed by atoms with Crippen LogP contribution in [0.2, 0.25) is 0 Å². The van der Waals surface area contributed by atoms with Crippen molar-refractivity contribution in [2.45, 2.75) is 18.9 Å². The summed E-state index contributed by atoms with van der Waals surface area (Å²) in [5.74, 6) is -1.86. The number of carbonyl (C=O) groups is 4. The van der Waals surface area contributed by atoms with Crippen molar-refractivity contribution in [2.24, 2.45) is 0 Å². The van der Waals surface area contributed by atoms with Gasteiger partial charge in [0, 0.05) is 17.2 Å². The van der Waals surface area contributed by atoms with Crippen LogP contribution in [0.25, 0.3) is 0 Å². The van der Waals surface area contributed by atoms with Crippen molar-refractivity contribution in [1.82, 2.24) is 10.2 Å². The van der Waals surface area contributed by atoms with Crippen LogP contribution in [0.4, 0.5) is 0 Å². The first-order chi connectivity index (χ1) is 8.59. The zero-order chi connectivity index (χ0) is 12.9. The zero-order valence-electron chi connectivity index (χ0n) is 9.13. The first-order valence-corrected chi connectivity index (χ1v) is 6.31. The van der Waals surface area contributed by atoms with Gasteiger partial charge >= 0.3 is 0 Å². The second-order valence-corrected chi connectivity index (χ2v) is 4.89. The first kappa shape index (κ1) is 11.1. The fourth-order valence-corrected chi connectivity index (χ4v) is 2.99. The van der Waals surface area contributed by atoms with Crippen molar-refractivity contribution >= 4 is 35.0 Å². The van der Waals surface area contributed by atoms with Crippen LogP contribution < -0.4 is 5.32 Å². The Hall–Kier alpha value is -2.02. The maximum Gasteiger partial charge on any atom is 0.263 e. The molecule has 7 heteroatoms. The molecule has 4 amide bonds. The summed E-state index contributed by atoms with van der Waals surface area (Å²) >= 11 is 1.28. The second kappa shape index (κ2) is 3.74. The number of fused-ring (bicyclic) bond motifs is 1. The molecule has 0 radical (unpaired) electrons. The molecule has 0 unspecified atom stereocenters. The van der Waals surface area contributed by atoms with Crippen molar-refractivity contribution in [3.8, 4) is 0 Å². The molecule has 18 heavy (non-hydrogen) atoms. The standard InChI is InChI=1S/C11H8N2O4S/c14-8-2-1-7(9(15)12-8)13-10(16)5-3-18-4-6(5)11(13)17/h3-4,7H,1-2H2,(H,12,14,15)/t7-/m0/s1. The number of nitrogens with zero attached hydrogens (tertiary/aromatic N) is 1. The molecule has 1 atom stereocenters. The lowest BCUT2D eigenvalue weighted by Crippen LogP contribution is -2.54. The van der Waals surface area contributed by atoms with E-state index in [0.717, 1.165) is 4.90 Å². The highest BCUT2D eigenvalue weighted by Crippen LogP contribution is 2.29. The van der Waals surface area contributed by atoms with Gasteiger partial charge in [0.15, 0.2) is 0 Å². The molecule has 92 valence electrons. The van der Waals surface area contributed by atoms with Gasteiger partial charge in [0.1, 0.15) is 6.04 Å². The molecule has 1 saturated heterocycles. The Morgan fingerprint density at radius 2 is 1.72 bits per heavy atom. The summed E-state index contributed by atoms with van der Waals surface area (Å²) in [7, 11) is 0. The number of nitrogens with one attached hydrogen (secondary N) is 1. The van der Waals surface area contributed by atoms with Crippen LogP contribution in [-0.4, -0.2) is 34.6 Å². The first-order valence-electron chi connectivity index (χ1n) is 5.37. The molecule has 2 aliphatic rings. The third kappa shape index (κ3) is 1.40. The smallest absolute Gasteiger partial charge is 0.263 e. The van der Waals surface area contributed by atoms with Crippen LogP contribution in [0.3, 0.4) is 0 Å². The predicted molar refractivity (Wildman–Crippen MR) is 61.0 cm³/mol. The van der Waals surface area contributed by atoms with Crippen molar-refractivity contribution in [1.29, 1.82) is 0 Å². The van der Waals surface area contributed by atoms with E-state index in [1.54, 1.807) is 10.8 Å². The van der Waals surface area contributed by atoms with E-state index in [1.165, 1.54) is 11.3 Å². The van der Waals surface area contributed by atoms with E-state index < -0.39 is 23.8 Å². The molecule has 1 N–H and O–H groups in total. The average Bonchev–Trinajstić information content (AvgIpc) is 2.87. The third-order valence-corrected chi connectivity index (χ3v) is 3.83. The number of carbonyl (C=O) groups excluding carboxylic acids is 4. The minimum absolute atomic E-state index is 0.139. The Bertz CT molecular complexity index is 561. The minimum atomic E-state index is -0.875. The van der Waals surface area contributed by atoms with Gasteiger partial charge in [-0.15, -0.1) is 0 Å². The normalized spacial score (nSPS) is 23.3. The largest absolute Gasteiger partial charge is 0.295 e. The summed E-state index contributed by atoms with van der Waals surface area (Å²) < 4.78 is 0. The topological polar surface area (TPSA) is 83.6 Å². The van der Waals surface area contributed by atoms with E-state index >= 15 is 0 Å². The predicted octanol–water partition coefficient (Wildman–Crippen LogP) is 0.149. The highest BCUT2D eigenvalue weighted by atomic mass is 32.1. The van der Waals surface area contributed by atoms with Crippen molar-refractivity contribution in [3.63, 3.8) is 0 Å². The van der Waals surface area contributed by atoms with Crippen LogP contribution >= 0.6 is 11.3 Å². The zero-order valence-corrected chi connectivity index (χ0v) is 9.95. The summed E-state index contributed by atoms with van der Waals surface area (Å²) in [6, 6.07) is -0.875. The molecule has 0 saturated carbocycles. The van der Waals surface area contributed by atoms with Gasteiger partial charge in [-0.05, 0) is 6.42 Å². The molecular formula is C11H8N2O4S. The molecule has 3 heterocycles. The molecular weight excluding hydrogens is 256 g/mol. The molecule has 0 aromatic carbocycles. The van der Waals surface area contributed by atoms with Gasteiger partial charge in [-0.3, -0.25) is 29.4 Å².